The van der Waals surface area contributed by atoms with Crippen LogP contribution in [0.1, 0.15) is 23.2 Å². The maximum atomic E-state index is 11.8. The minimum Gasteiger partial charge on any atom is -0.472 e. The summed E-state index contributed by atoms with van der Waals surface area (Å²) in [6, 6.07) is 1.82. The molecule has 0 aromatic carbocycles. The van der Waals surface area contributed by atoms with Gasteiger partial charge in [0.05, 0.1) is 18.4 Å². The van der Waals surface area contributed by atoms with Gasteiger partial charge in [-0.2, -0.15) is 0 Å². The Morgan fingerprint density at radius 3 is 2.74 bits per heavy atom. The Hall–Kier alpha value is -1.82. The summed E-state index contributed by atoms with van der Waals surface area (Å²) in [4.78, 5) is 25.2. The minimum atomic E-state index is -0.0986. The van der Waals surface area contributed by atoms with Gasteiger partial charge in [0.15, 0.2) is 0 Å². The fraction of sp³-hybridized carbons (Fsp3) is 0.538. The van der Waals surface area contributed by atoms with E-state index in [4.69, 9.17) is 4.42 Å². The maximum absolute atomic E-state index is 11.8. The van der Waals surface area contributed by atoms with Gasteiger partial charge in [-0.15, -0.1) is 0 Å². The quantitative estimate of drug-likeness (QED) is 0.816. The molecule has 2 heterocycles. The van der Waals surface area contributed by atoms with Gasteiger partial charge in [-0.25, -0.2) is 0 Å². The number of hydrogen-bond donors (Lipinski definition) is 2. The molecule has 2 N–H and O–H groups in total. The zero-order chi connectivity index (χ0) is 13.7. The van der Waals surface area contributed by atoms with E-state index in [1.54, 1.807) is 13.1 Å². The average molecular weight is 265 g/mol. The molecular formula is C13H19N3O3. The lowest BCUT2D eigenvalue weighted by Gasteiger charge is -2.31. The maximum Gasteiger partial charge on any atom is 0.254 e. The van der Waals surface area contributed by atoms with E-state index in [-0.39, 0.29) is 17.9 Å². The van der Waals surface area contributed by atoms with Crippen molar-refractivity contribution in [1.82, 2.24) is 15.5 Å². The number of carbonyl (C=O) groups is 2. The summed E-state index contributed by atoms with van der Waals surface area (Å²) in [6.45, 7) is 2.08. The van der Waals surface area contributed by atoms with Crippen molar-refractivity contribution >= 4 is 11.8 Å². The number of likely N-dealkylation sites (N-methyl/N-ethyl adjacent to an activating group) is 1. The summed E-state index contributed by atoms with van der Waals surface area (Å²) < 4.78 is 4.88. The zero-order valence-electron chi connectivity index (χ0n) is 11.0. The van der Waals surface area contributed by atoms with E-state index in [9.17, 15) is 9.59 Å². The molecule has 0 atom stereocenters. The molecule has 1 fully saturated rings. The molecule has 0 unspecified atom stereocenters. The van der Waals surface area contributed by atoms with Gasteiger partial charge in [-0.3, -0.25) is 14.5 Å². The number of rotatable bonds is 4. The molecule has 0 radical (unpaired) electrons. The molecule has 1 saturated heterocycles. The van der Waals surface area contributed by atoms with Gasteiger partial charge in [-0.1, -0.05) is 0 Å². The number of carbonyl (C=O) groups excluding carboxylic acids is 2. The van der Waals surface area contributed by atoms with E-state index in [1.807, 2.05) is 0 Å². The van der Waals surface area contributed by atoms with Crippen LogP contribution in [-0.4, -0.2) is 49.4 Å². The van der Waals surface area contributed by atoms with Crippen molar-refractivity contribution in [3.63, 3.8) is 0 Å². The normalized spacial score (nSPS) is 17.1. The molecule has 0 aliphatic carbocycles. The first kappa shape index (κ1) is 13.6. The van der Waals surface area contributed by atoms with Crippen molar-refractivity contribution in [2.24, 2.45) is 0 Å². The Kier molecular flexibility index (Phi) is 4.57. The lowest BCUT2D eigenvalue weighted by molar-refractivity contribution is -0.122. The molecule has 1 aliphatic rings. The Morgan fingerprint density at radius 2 is 2.16 bits per heavy atom. The molecule has 6 heteroatoms. The van der Waals surface area contributed by atoms with E-state index >= 15 is 0 Å². The highest BCUT2D eigenvalue weighted by Gasteiger charge is 2.22. The van der Waals surface area contributed by atoms with Crippen LogP contribution in [0.5, 0.6) is 0 Å². The molecule has 0 spiro atoms. The monoisotopic (exact) mass is 265 g/mol. The molecular weight excluding hydrogens is 246 g/mol. The molecule has 1 aliphatic heterocycles. The number of nitrogens with one attached hydrogen (secondary N) is 2. The second-order valence-electron chi connectivity index (χ2n) is 4.71. The first-order valence-electron chi connectivity index (χ1n) is 6.45. The molecule has 19 heavy (non-hydrogen) atoms. The van der Waals surface area contributed by atoms with Crippen molar-refractivity contribution in [3.8, 4) is 0 Å². The van der Waals surface area contributed by atoms with Crippen LogP contribution in [-0.2, 0) is 4.79 Å². The van der Waals surface area contributed by atoms with E-state index in [2.05, 4.69) is 15.5 Å². The number of likely N-dealkylation sites (tertiary alicyclic amines) is 1. The van der Waals surface area contributed by atoms with Gasteiger partial charge >= 0.3 is 0 Å². The highest BCUT2D eigenvalue weighted by Crippen LogP contribution is 2.11. The summed E-state index contributed by atoms with van der Waals surface area (Å²) in [7, 11) is 1.64. The third kappa shape index (κ3) is 3.82. The van der Waals surface area contributed by atoms with Gasteiger partial charge in [0, 0.05) is 26.2 Å². The number of nitrogens with zero attached hydrogens (tertiary/aromatic N) is 1. The Balaban J connectivity index is 1.74. The van der Waals surface area contributed by atoms with Crippen LogP contribution in [0, 0.1) is 0 Å². The summed E-state index contributed by atoms with van der Waals surface area (Å²) in [6.07, 6.45) is 4.65. The molecule has 104 valence electrons. The fourth-order valence-corrected chi connectivity index (χ4v) is 2.18. The van der Waals surface area contributed by atoms with Crippen LogP contribution in [0.4, 0.5) is 0 Å². The Bertz CT molecular complexity index is 422. The van der Waals surface area contributed by atoms with E-state index in [1.165, 1.54) is 12.5 Å². The second-order valence-corrected chi connectivity index (χ2v) is 4.71. The molecule has 0 saturated carbocycles. The Morgan fingerprint density at radius 1 is 1.42 bits per heavy atom. The molecule has 2 rings (SSSR count). The topological polar surface area (TPSA) is 74.6 Å². The molecule has 0 bridgehead atoms. The Labute approximate surface area is 112 Å². The summed E-state index contributed by atoms with van der Waals surface area (Å²) in [5, 5.41) is 5.60. The van der Waals surface area contributed by atoms with Gasteiger partial charge < -0.3 is 15.1 Å². The molecule has 6 nitrogen and oxygen atoms in total. The largest absolute Gasteiger partial charge is 0.472 e. The number of furan rings is 1. The van der Waals surface area contributed by atoms with Crippen LogP contribution >= 0.6 is 0 Å². The van der Waals surface area contributed by atoms with E-state index < -0.39 is 0 Å². The molecule has 1 aromatic rings. The lowest BCUT2D eigenvalue weighted by atomic mass is 10.0. The third-order valence-electron chi connectivity index (χ3n) is 3.35. The van der Waals surface area contributed by atoms with Crippen LogP contribution < -0.4 is 10.6 Å². The van der Waals surface area contributed by atoms with Crippen molar-refractivity contribution in [2.75, 3.05) is 26.7 Å². The van der Waals surface area contributed by atoms with E-state index in [0.717, 1.165) is 25.9 Å². The van der Waals surface area contributed by atoms with Crippen LogP contribution in [0.2, 0.25) is 0 Å². The second kappa shape index (κ2) is 6.38. The van der Waals surface area contributed by atoms with Gasteiger partial charge in [0.1, 0.15) is 6.26 Å². The third-order valence-corrected chi connectivity index (χ3v) is 3.35. The number of piperidine rings is 1. The lowest BCUT2D eigenvalue weighted by Crippen LogP contribution is -2.47. The van der Waals surface area contributed by atoms with Crippen molar-refractivity contribution in [3.05, 3.63) is 24.2 Å². The predicted octanol–water partition coefficient (Wildman–Crippen LogP) is 0.220. The fourth-order valence-electron chi connectivity index (χ4n) is 2.18. The van der Waals surface area contributed by atoms with Crippen LogP contribution in [0.3, 0.4) is 0 Å². The minimum absolute atomic E-state index is 0.0286. The van der Waals surface area contributed by atoms with Gasteiger partial charge in [-0.05, 0) is 18.9 Å². The zero-order valence-corrected chi connectivity index (χ0v) is 11.0. The van der Waals surface area contributed by atoms with E-state index in [0.29, 0.717) is 12.1 Å². The van der Waals surface area contributed by atoms with Crippen molar-refractivity contribution in [2.45, 2.75) is 18.9 Å². The molecule has 2 amide bonds. The highest BCUT2D eigenvalue weighted by atomic mass is 16.3. The summed E-state index contributed by atoms with van der Waals surface area (Å²) in [5.41, 5.74) is 0.549. The predicted molar refractivity (Wildman–Crippen MR) is 69.7 cm³/mol. The summed E-state index contributed by atoms with van der Waals surface area (Å²) in [5.74, 6) is -0.0700. The highest BCUT2D eigenvalue weighted by molar-refractivity contribution is 5.93. The van der Waals surface area contributed by atoms with Crippen molar-refractivity contribution in [1.29, 1.82) is 0 Å². The summed E-state index contributed by atoms with van der Waals surface area (Å²) >= 11 is 0. The smallest absolute Gasteiger partial charge is 0.254 e. The first-order valence-corrected chi connectivity index (χ1v) is 6.45. The van der Waals surface area contributed by atoms with Gasteiger partial charge in [0.25, 0.3) is 5.91 Å². The number of hydrogen-bond acceptors (Lipinski definition) is 4. The van der Waals surface area contributed by atoms with Gasteiger partial charge in [0.2, 0.25) is 5.91 Å². The SMILES string of the molecule is CNC(=O)CN1CCC(NC(=O)c2ccoc2)CC1. The number of amides is 2. The van der Waals surface area contributed by atoms with Crippen molar-refractivity contribution < 1.29 is 14.0 Å². The standard InChI is InChI=1S/C13H19N3O3/c1-14-12(17)8-16-5-2-11(3-6-16)15-13(18)10-4-7-19-9-10/h4,7,9,11H,2-3,5-6,8H2,1H3,(H,14,17)(H,15,18). The molecule has 1 aromatic heterocycles. The average Bonchev–Trinajstić information content (AvgIpc) is 2.95. The van der Waals surface area contributed by atoms with Crippen LogP contribution in [0.15, 0.2) is 23.0 Å². The van der Waals surface area contributed by atoms with Crippen LogP contribution in [0.25, 0.3) is 0 Å². The first-order chi connectivity index (χ1) is 9.19.